The highest BCUT2D eigenvalue weighted by molar-refractivity contribution is 9.10. The van der Waals surface area contributed by atoms with Gasteiger partial charge in [-0.1, -0.05) is 35.2 Å². The Bertz CT molecular complexity index is 1300. The van der Waals surface area contributed by atoms with E-state index in [2.05, 4.69) is 21.0 Å². The summed E-state index contributed by atoms with van der Waals surface area (Å²) >= 11 is 3.44. The van der Waals surface area contributed by atoms with Gasteiger partial charge in [-0.2, -0.15) is 9.78 Å². The minimum Gasteiger partial charge on any atom is -0.481 e. The lowest BCUT2D eigenvalue weighted by atomic mass is 9.88. The number of benzene rings is 2. The molecule has 0 atom stereocenters. The van der Waals surface area contributed by atoms with E-state index in [1.807, 2.05) is 37.2 Å². The van der Waals surface area contributed by atoms with Crippen molar-refractivity contribution >= 4 is 44.7 Å². The second kappa shape index (κ2) is 10.4. The van der Waals surface area contributed by atoms with Crippen molar-refractivity contribution in [3.8, 4) is 5.75 Å². The zero-order valence-corrected chi connectivity index (χ0v) is 20.8. The summed E-state index contributed by atoms with van der Waals surface area (Å²) in [6.45, 7) is -0.476. The van der Waals surface area contributed by atoms with Crippen LogP contribution in [0.2, 0.25) is 0 Å². The lowest BCUT2D eigenvalue weighted by molar-refractivity contribution is -0.139. The Balaban J connectivity index is 1.81. The molecule has 0 amide bonds. The summed E-state index contributed by atoms with van der Waals surface area (Å²) < 4.78 is 7.70. The molecule has 1 heterocycles. The molecule has 2 aromatic carbocycles. The van der Waals surface area contributed by atoms with E-state index in [1.165, 1.54) is 17.3 Å². The second-order valence-electron chi connectivity index (χ2n) is 8.63. The maximum Gasteiger partial charge on any atom is 0.341 e. The van der Waals surface area contributed by atoms with Gasteiger partial charge < -0.3 is 14.7 Å². The Kier molecular flexibility index (Phi) is 7.31. The third-order valence-corrected chi connectivity index (χ3v) is 6.47. The molecule has 0 spiro atoms. The van der Waals surface area contributed by atoms with Crippen LogP contribution in [0.3, 0.4) is 0 Å². The molecule has 3 aromatic rings. The lowest BCUT2D eigenvalue weighted by Crippen LogP contribution is -2.25. The van der Waals surface area contributed by atoms with Gasteiger partial charge in [-0.05, 0) is 43.2 Å². The molecule has 0 bridgehead atoms. The Morgan fingerprint density at radius 3 is 2.71 bits per heavy atom. The fourth-order valence-electron chi connectivity index (χ4n) is 4.19. The molecule has 1 aliphatic carbocycles. The van der Waals surface area contributed by atoms with Crippen molar-refractivity contribution in [2.24, 2.45) is 5.10 Å². The first kappa shape index (κ1) is 23.9. The average Bonchev–Trinajstić information content (AvgIpc) is 2.83. The van der Waals surface area contributed by atoms with Gasteiger partial charge in [0.2, 0.25) is 0 Å². The number of carboxylic acid groups (broad SMARTS) is 1. The molecule has 178 valence electrons. The van der Waals surface area contributed by atoms with Gasteiger partial charge in [-0.15, -0.1) is 0 Å². The van der Waals surface area contributed by atoms with E-state index in [9.17, 15) is 9.59 Å². The SMILES string of the molecule is CN(C)c1ccc(C=Nn2c(C3CCCCC3)nc3ccc(Br)cc3c2=O)c(OCC(=O)O)c1. The highest BCUT2D eigenvalue weighted by Crippen LogP contribution is 2.32. The van der Waals surface area contributed by atoms with Gasteiger partial charge in [0, 0.05) is 41.8 Å². The normalized spacial score (nSPS) is 14.6. The number of nitrogens with zero attached hydrogens (tertiary/aromatic N) is 4. The summed E-state index contributed by atoms with van der Waals surface area (Å²) in [5.74, 6) is 0.124. The zero-order chi connectivity index (χ0) is 24.2. The number of hydrogen-bond donors (Lipinski definition) is 1. The monoisotopic (exact) mass is 526 g/mol. The van der Waals surface area contributed by atoms with Crippen LogP contribution in [0.15, 0.2) is 50.8 Å². The molecule has 0 saturated heterocycles. The maximum absolute atomic E-state index is 13.5. The van der Waals surface area contributed by atoms with Crippen LogP contribution in [0.25, 0.3) is 10.9 Å². The number of rotatable bonds is 7. The number of hydrogen-bond acceptors (Lipinski definition) is 6. The minimum atomic E-state index is -1.07. The molecular weight excluding hydrogens is 500 g/mol. The van der Waals surface area contributed by atoms with Crippen LogP contribution in [-0.4, -0.2) is 47.7 Å². The number of fused-ring (bicyclic) bond motifs is 1. The van der Waals surface area contributed by atoms with E-state index < -0.39 is 12.6 Å². The quantitative estimate of drug-likeness (QED) is 0.451. The predicted octanol–water partition coefficient (Wildman–Crippen LogP) is 4.62. The first-order chi connectivity index (χ1) is 16.3. The molecule has 1 aliphatic rings. The molecule has 1 N–H and O–H groups in total. The van der Waals surface area contributed by atoms with E-state index in [-0.39, 0.29) is 11.5 Å². The third-order valence-electron chi connectivity index (χ3n) is 5.98. The molecule has 0 unspecified atom stereocenters. The van der Waals surface area contributed by atoms with E-state index in [0.717, 1.165) is 35.8 Å². The van der Waals surface area contributed by atoms with Gasteiger partial charge in [0.1, 0.15) is 11.6 Å². The van der Waals surface area contributed by atoms with Gasteiger partial charge in [0.25, 0.3) is 5.56 Å². The number of aromatic nitrogens is 2. The van der Waals surface area contributed by atoms with Crippen molar-refractivity contribution in [2.45, 2.75) is 38.0 Å². The second-order valence-corrected chi connectivity index (χ2v) is 9.54. The van der Waals surface area contributed by atoms with Crippen LogP contribution < -0.4 is 15.2 Å². The van der Waals surface area contributed by atoms with E-state index in [0.29, 0.717) is 28.0 Å². The van der Waals surface area contributed by atoms with Gasteiger partial charge in [-0.25, -0.2) is 9.78 Å². The van der Waals surface area contributed by atoms with Crippen molar-refractivity contribution in [3.63, 3.8) is 0 Å². The van der Waals surface area contributed by atoms with Crippen molar-refractivity contribution in [3.05, 3.63) is 62.6 Å². The first-order valence-corrected chi connectivity index (χ1v) is 12.1. The number of halogens is 1. The van der Waals surface area contributed by atoms with Crippen molar-refractivity contribution < 1.29 is 14.6 Å². The molecule has 34 heavy (non-hydrogen) atoms. The zero-order valence-electron chi connectivity index (χ0n) is 19.2. The lowest BCUT2D eigenvalue weighted by Gasteiger charge is -2.22. The predicted molar refractivity (Wildman–Crippen MR) is 136 cm³/mol. The Morgan fingerprint density at radius 1 is 1.24 bits per heavy atom. The fourth-order valence-corrected chi connectivity index (χ4v) is 4.56. The van der Waals surface area contributed by atoms with Gasteiger partial charge >= 0.3 is 5.97 Å². The molecule has 0 radical (unpaired) electrons. The van der Waals surface area contributed by atoms with Gasteiger partial charge in [-0.3, -0.25) is 4.79 Å². The minimum absolute atomic E-state index is 0.158. The molecule has 8 nitrogen and oxygen atoms in total. The third kappa shape index (κ3) is 5.30. The number of carbonyl (C=O) groups is 1. The molecule has 9 heteroatoms. The Morgan fingerprint density at radius 2 is 2.00 bits per heavy atom. The van der Waals surface area contributed by atoms with E-state index >= 15 is 0 Å². The Hall–Kier alpha value is -3.20. The van der Waals surface area contributed by atoms with Gasteiger partial charge in [0.15, 0.2) is 6.61 Å². The molecule has 4 rings (SSSR count). The van der Waals surface area contributed by atoms with Crippen LogP contribution in [0.5, 0.6) is 5.75 Å². The van der Waals surface area contributed by atoms with Crippen LogP contribution in [0, 0.1) is 0 Å². The summed E-state index contributed by atoms with van der Waals surface area (Å²) in [6.07, 6.45) is 6.86. The summed E-state index contributed by atoms with van der Waals surface area (Å²) in [5.41, 5.74) is 1.85. The van der Waals surface area contributed by atoms with Crippen molar-refractivity contribution in [2.75, 3.05) is 25.6 Å². The van der Waals surface area contributed by atoms with Crippen LogP contribution in [0.4, 0.5) is 5.69 Å². The Labute approximate surface area is 206 Å². The number of aliphatic carboxylic acids is 1. The summed E-state index contributed by atoms with van der Waals surface area (Å²) in [5, 5.41) is 14.1. The fraction of sp³-hybridized carbons (Fsp3) is 0.360. The number of anilines is 1. The standard InChI is InChI=1S/C25H27BrN4O4/c1-29(2)19-10-8-17(22(13-19)34-15-23(31)32)14-27-30-24(16-6-4-3-5-7-16)28-21-11-9-18(26)12-20(21)25(30)33/h8-14,16H,3-7,15H2,1-2H3,(H,31,32). The van der Waals surface area contributed by atoms with Crippen LogP contribution >= 0.6 is 15.9 Å². The van der Waals surface area contributed by atoms with Gasteiger partial charge in [0.05, 0.1) is 17.1 Å². The van der Waals surface area contributed by atoms with Crippen molar-refractivity contribution in [1.29, 1.82) is 0 Å². The molecular formula is C25H27BrN4O4. The molecule has 1 aromatic heterocycles. The first-order valence-electron chi connectivity index (χ1n) is 11.3. The topological polar surface area (TPSA) is 97.0 Å². The van der Waals surface area contributed by atoms with E-state index in [1.54, 1.807) is 18.2 Å². The number of carboxylic acids is 1. The molecule has 0 aliphatic heterocycles. The summed E-state index contributed by atoms with van der Waals surface area (Å²) in [6, 6.07) is 10.9. The average molecular weight is 527 g/mol. The van der Waals surface area contributed by atoms with Crippen LogP contribution in [0.1, 0.15) is 49.4 Å². The molecule has 1 saturated carbocycles. The number of ether oxygens (including phenoxy) is 1. The molecule has 1 fully saturated rings. The highest BCUT2D eigenvalue weighted by Gasteiger charge is 2.22. The highest BCUT2D eigenvalue weighted by atomic mass is 79.9. The smallest absolute Gasteiger partial charge is 0.341 e. The largest absolute Gasteiger partial charge is 0.481 e. The summed E-state index contributed by atoms with van der Waals surface area (Å²) in [7, 11) is 3.78. The maximum atomic E-state index is 13.5. The van der Waals surface area contributed by atoms with E-state index in [4.69, 9.17) is 14.8 Å². The van der Waals surface area contributed by atoms with Crippen LogP contribution in [-0.2, 0) is 4.79 Å². The van der Waals surface area contributed by atoms with Crippen molar-refractivity contribution in [1.82, 2.24) is 9.66 Å². The summed E-state index contributed by atoms with van der Waals surface area (Å²) in [4.78, 5) is 31.3.